The number of halogens is 2. The smallest absolute Gasteiger partial charge is 0.368 e. The Morgan fingerprint density at radius 3 is 2.59 bits per heavy atom. The molecule has 0 aliphatic carbocycles. The molecule has 1 aromatic rings. The fraction of sp³-hybridized carbons (Fsp3) is 0.462. The molecule has 1 rings (SSSR count). The average Bonchev–Trinajstić information content (AvgIpc) is 2.43. The summed E-state index contributed by atoms with van der Waals surface area (Å²) in [5, 5.41) is 0.189. The normalized spacial score (nSPS) is 15.2. The Bertz CT molecular complexity index is 580. The van der Waals surface area contributed by atoms with E-state index in [9.17, 15) is 18.6 Å². The first kappa shape index (κ1) is 18.9. The minimum Gasteiger partial charge on any atom is -0.479 e. The number of esters is 1. The predicted molar refractivity (Wildman–Crippen MR) is 78.5 cm³/mol. The van der Waals surface area contributed by atoms with E-state index in [1.165, 1.54) is 12.1 Å². The topological polar surface area (TPSA) is 82.1 Å². The minimum atomic E-state index is -4.10. The fourth-order valence-corrected chi connectivity index (χ4v) is 2.95. The van der Waals surface area contributed by atoms with Crippen molar-refractivity contribution in [3.63, 3.8) is 0 Å². The third kappa shape index (κ3) is 5.25. The molecule has 1 N–H and O–H groups in total. The summed E-state index contributed by atoms with van der Waals surface area (Å²) in [5.41, 5.74) is 0. The van der Waals surface area contributed by atoms with Gasteiger partial charge in [-0.05, 0) is 18.2 Å². The number of carbonyl (C=O) groups is 1. The molecule has 1 aromatic carbocycles. The molecule has 0 aliphatic rings. The van der Waals surface area contributed by atoms with Crippen LogP contribution >= 0.6 is 19.2 Å². The van der Waals surface area contributed by atoms with Gasteiger partial charge in [0.15, 0.2) is 18.2 Å². The molecule has 2 unspecified atom stereocenters. The number of carbonyl (C=O) groups excluding carboxylic acids is 1. The molecule has 22 heavy (non-hydrogen) atoms. The van der Waals surface area contributed by atoms with Gasteiger partial charge in [-0.3, -0.25) is 4.57 Å². The average molecular weight is 355 g/mol. The van der Waals surface area contributed by atoms with Crippen molar-refractivity contribution in [3.05, 3.63) is 29.0 Å². The van der Waals surface area contributed by atoms with Gasteiger partial charge in [-0.15, -0.1) is 0 Å². The number of hydrogen-bond acceptors (Lipinski definition) is 5. The zero-order valence-corrected chi connectivity index (χ0v) is 13.9. The summed E-state index contributed by atoms with van der Waals surface area (Å²) >= 11 is 5.59. The van der Waals surface area contributed by atoms with E-state index >= 15 is 0 Å². The zero-order valence-electron chi connectivity index (χ0n) is 12.3. The number of benzene rings is 1. The van der Waals surface area contributed by atoms with Crippen LogP contribution in [0, 0.1) is 11.7 Å². The highest BCUT2D eigenvalue weighted by Crippen LogP contribution is 2.50. The lowest BCUT2D eigenvalue weighted by Crippen LogP contribution is -2.27. The van der Waals surface area contributed by atoms with Gasteiger partial charge in [0, 0.05) is 18.1 Å². The second-order valence-corrected chi connectivity index (χ2v) is 7.17. The Balaban J connectivity index is 2.67. The van der Waals surface area contributed by atoms with Crippen LogP contribution in [0.15, 0.2) is 18.2 Å². The molecule has 2 atom stereocenters. The Morgan fingerprint density at radius 2 is 2.09 bits per heavy atom. The van der Waals surface area contributed by atoms with Crippen LogP contribution in [-0.2, 0) is 18.6 Å². The molecule has 0 aromatic heterocycles. The SMILES string of the molecule is COP(=O)(O)C(OC(=O)COc1ccc(Cl)cc1F)C(C)C. The Morgan fingerprint density at radius 1 is 1.45 bits per heavy atom. The number of rotatable bonds is 7. The van der Waals surface area contributed by atoms with E-state index in [4.69, 9.17) is 21.1 Å². The number of ether oxygens (including phenoxy) is 2. The fourth-order valence-electron chi connectivity index (χ4n) is 1.58. The van der Waals surface area contributed by atoms with E-state index in [-0.39, 0.29) is 10.8 Å². The molecule has 9 heteroatoms. The summed E-state index contributed by atoms with van der Waals surface area (Å²) in [6.07, 6.45) is 0. The van der Waals surface area contributed by atoms with Gasteiger partial charge in [-0.2, -0.15) is 0 Å². The van der Waals surface area contributed by atoms with E-state index in [1.807, 2.05) is 0 Å². The van der Waals surface area contributed by atoms with Crippen molar-refractivity contribution in [1.82, 2.24) is 0 Å². The van der Waals surface area contributed by atoms with Crippen LogP contribution < -0.4 is 4.74 Å². The summed E-state index contributed by atoms with van der Waals surface area (Å²) in [6, 6.07) is 3.69. The van der Waals surface area contributed by atoms with Gasteiger partial charge < -0.3 is 18.9 Å². The van der Waals surface area contributed by atoms with Crippen LogP contribution in [0.2, 0.25) is 5.02 Å². The van der Waals surface area contributed by atoms with Crippen molar-refractivity contribution in [2.75, 3.05) is 13.7 Å². The van der Waals surface area contributed by atoms with Crippen molar-refractivity contribution in [1.29, 1.82) is 0 Å². The molecule has 0 radical (unpaired) electrons. The van der Waals surface area contributed by atoms with Crippen molar-refractivity contribution >= 4 is 25.2 Å². The van der Waals surface area contributed by atoms with Crippen molar-refractivity contribution < 1.29 is 32.6 Å². The van der Waals surface area contributed by atoms with Gasteiger partial charge in [0.1, 0.15) is 0 Å². The molecule has 0 fully saturated rings. The predicted octanol–water partition coefficient (Wildman–Crippen LogP) is 3.22. The molecule has 6 nitrogen and oxygen atoms in total. The highest BCUT2D eigenvalue weighted by Gasteiger charge is 2.37. The van der Waals surface area contributed by atoms with E-state index in [1.54, 1.807) is 13.8 Å². The summed E-state index contributed by atoms with van der Waals surface area (Å²) in [5.74, 6) is -3.61. The molecular formula is C13H17ClFO6P. The summed E-state index contributed by atoms with van der Waals surface area (Å²) in [4.78, 5) is 21.3. The highest BCUT2D eigenvalue weighted by molar-refractivity contribution is 7.53. The molecule has 0 spiro atoms. The van der Waals surface area contributed by atoms with Crippen molar-refractivity contribution in [2.24, 2.45) is 5.92 Å². The van der Waals surface area contributed by atoms with Crippen LogP contribution in [-0.4, -0.2) is 30.4 Å². The van der Waals surface area contributed by atoms with Gasteiger partial charge in [0.25, 0.3) is 0 Å². The molecule has 0 amide bonds. The molecule has 0 aliphatic heterocycles. The lowest BCUT2D eigenvalue weighted by Gasteiger charge is -2.24. The summed E-state index contributed by atoms with van der Waals surface area (Å²) in [7, 11) is -3.05. The van der Waals surface area contributed by atoms with E-state index in [2.05, 4.69) is 4.52 Å². The van der Waals surface area contributed by atoms with Gasteiger partial charge in [0.2, 0.25) is 5.85 Å². The summed E-state index contributed by atoms with van der Waals surface area (Å²) < 4.78 is 39.6. The standard InChI is InChI=1S/C13H17ClFO6P/c1-8(2)13(22(17,18)19-3)21-12(16)7-20-11-5-4-9(14)6-10(11)15/h4-6,8,13H,7H2,1-3H3,(H,17,18). The van der Waals surface area contributed by atoms with Crippen molar-refractivity contribution in [3.8, 4) is 5.75 Å². The molecule has 0 bridgehead atoms. The zero-order chi connectivity index (χ0) is 16.9. The van der Waals surface area contributed by atoms with Crippen LogP contribution in [0.4, 0.5) is 4.39 Å². The largest absolute Gasteiger partial charge is 0.479 e. The Labute approximate surface area is 132 Å². The third-order valence-corrected chi connectivity index (χ3v) is 4.75. The highest BCUT2D eigenvalue weighted by atomic mass is 35.5. The first-order valence-electron chi connectivity index (χ1n) is 6.33. The van der Waals surface area contributed by atoms with Gasteiger partial charge in [-0.25, -0.2) is 9.18 Å². The molecule has 124 valence electrons. The molecule has 0 saturated heterocycles. The molecule has 0 saturated carbocycles. The summed E-state index contributed by atoms with van der Waals surface area (Å²) in [6.45, 7) is 2.57. The van der Waals surface area contributed by atoms with Gasteiger partial charge in [-0.1, -0.05) is 25.4 Å². The van der Waals surface area contributed by atoms with E-state index in [0.29, 0.717) is 0 Å². The van der Waals surface area contributed by atoms with E-state index < -0.39 is 37.8 Å². The van der Waals surface area contributed by atoms with Crippen LogP contribution in [0.25, 0.3) is 0 Å². The second-order valence-electron chi connectivity index (χ2n) is 4.73. The maximum atomic E-state index is 13.5. The van der Waals surface area contributed by atoms with Crippen LogP contribution in [0.5, 0.6) is 5.75 Å². The van der Waals surface area contributed by atoms with Gasteiger partial charge in [0.05, 0.1) is 0 Å². The van der Waals surface area contributed by atoms with Crippen molar-refractivity contribution in [2.45, 2.75) is 19.7 Å². The lowest BCUT2D eigenvalue weighted by molar-refractivity contribution is -0.150. The second kappa shape index (κ2) is 7.92. The quantitative estimate of drug-likeness (QED) is 0.598. The maximum Gasteiger partial charge on any atom is 0.368 e. The molecule has 0 heterocycles. The third-order valence-electron chi connectivity index (χ3n) is 2.65. The number of hydrogen-bond donors (Lipinski definition) is 1. The van der Waals surface area contributed by atoms with Crippen LogP contribution in [0.3, 0.4) is 0 Å². The Hall–Kier alpha value is -1.14. The maximum absolute atomic E-state index is 13.5. The van der Waals surface area contributed by atoms with E-state index in [0.717, 1.165) is 13.2 Å². The van der Waals surface area contributed by atoms with Gasteiger partial charge >= 0.3 is 13.6 Å². The minimum absolute atomic E-state index is 0.179. The lowest BCUT2D eigenvalue weighted by atomic mass is 10.2. The molecular weight excluding hydrogens is 338 g/mol. The Kier molecular flexibility index (Phi) is 6.81. The van der Waals surface area contributed by atoms with Crippen LogP contribution in [0.1, 0.15) is 13.8 Å². The monoisotopic (exact) mass is 354 g/mol. The first-order chi connectivity index (χ1) is 10.2. The first-order valence-corrected chi connectivity index (χ1v) is 8.35.